The van der Waals surface area contributed by atoms with E-state index < -0.39 is 18.0 Å². The summed E-state index contributed by atoms with van der Waals surface area (Å²) in [5, 5.41) is 0. The lowest BCUT2D eigenvalue weighted by Crippen LogP contribution is -2.21. The molecule has 0 aliphatic carbocycles. The van der Waals surface area contributed by atoms with Gasteiger partial charge in [0.1, 0.15) is 0 Å². The first-order valence-corrected chi connectivity index (χ1v) is 6.15. The molecular formula is C15H18O4. The number of benzene rings is 1. The number of allylic oxidation sites excluding steroid dienone is 1. The molecule has 1 aromatic carbocycles. The third-order valence-corrected chi connectivity index (χ3v) is 2.40. The summed E-state index contributed by atoms with van der Waals surface area (Å²) in [5.74, 6) is -1.07. The molecule has 0 aliphatic heterocycles. The second-order valence-corrected chi connectivity index (χ2v) is 4.00. The Morgan fingerprint density at radius 1 is 1.32 bits per heavy atom. The molecule has 0 fully saturated rings. The maximum atomic E-state index is 11.9. The van der Waals surface area contributed by atoms with Gasteiger partial charge in [-0.1, -0.05) is 36.4 Å². The van der Waals surface area contributed by atoms with Gasteiger partial charge in [-0.15, -0.1) is 6.58 Å². The Morgan fingerprint density at radius 3 is 2.58 bits per heavy atom. The topological polar surface area (TPSA) is 52.6 Å². The molecule has 1 rings (SSSR count). The maximum absolute atomic E-state index is 11.9. The summed E-state index contributed by atoms with van der Waals surface area (Å²) in [6, 6.07) is 8.81. The van der Waals surface area contributed by atoms with Crippen molar-refractivity contribution in [1.29, 1.82) is 0 Å². The molecule has 0 spiro atoms. The molecule has 4 nitrogen and oxygen atoms in total. The summed E-state index contributed by atoms with van der Waals surface area (Å²) in [5.41, 5.74) is 0.603. The van der Waals surface area contributed by atoms with Crippen LogP contribution in [0.2, 0.25) is 0 Å². The molecule has 0 N–H and O–H groups in total. The minimum Gasteiger partial charge on any atom is -0.463 e. The van der Waals surface area contributed by atoms with Crippen LogP contribution in [0.15, 0.2) is 43.0 Å². The quantitative estimate of drug-likeness (QED) is 0.431. The molecule has 0 saturated heterocycles. The van der Waals surface area contributed by atoms with Crippen molar-refractivity contribution in [2.75, 3.05) is 6.61 Å². The number of rotatable bonds is 7. The van der Waals surface area contributed by atoms with E-state index >= 15 is 0 Å². The third-order valence-electron chi connectivity index (χ3n) is 2.40. The zero-order valence-electron chi connectivity index (χ0n) is 11.0. The van der Waals surface area contributed by atoms with Crippen LogP contribution in [-0.2, 0) is 19.1 Å². The smallest absolute Gasteiger partial charge is 0.352 e. The second kappa shape index (κ2) is 8.08. The number of unbranched alkanes of at least 4 members (excludes halogenated alkanes) is 1. The summed E-state index contributed by atoms with van der Waals surface area (Å²) in [7, 11) is 0. The summed E-state index contributed by atoms with van der Waals surface area (Å²) < 4.78 is 10.1. The Labute approximate surface area is 113 Å². The zero-order chi connectivity index (χ0) is 14.1. The molecule has 0 bridgehead atoms. The first kappa shape index (κ1) is 15.0. The van der Waals surface area contributed by atoms with E-state index in [-0.39, 0.29) is 6.61 Å². The normalized spacial score (nSPS) is 11.4. The second-order valence-electron chi connectivity index (χ2n) is 4.00. The molecule has 0 aromatic heterocycles. The predicted molar refractivity (Wildman–Crippen MR) is 71.3 cm³/mol. The van der Waals surface area contributed by atoms with Gasteiger partial charge in [-0.2, -0.15) is 0 Å². The molecule has 4 heteroatoms. The molecule has 0 saturated carbocycles. The zero-order valence-corrected chi connectivity index (χ0v) is 11.0. The van der Waals surface area contributed by atoms with Crippen molar-refractivity contribution in [2.45, 2.75) is 25.9 Å². The summed E-state index contributed by atoms with van der Waals surface area (Å²) in [6.45, 7) is 5.14. The van der Waals surface area contributed by atoms with Gasteiger partial charge in [0.15, 0.2) is 0 Å². The van der Waals surface area contributed by atoms with Gasteiger partial charge in [-0.3, -0.25) is 4.79 Å². The van der Waals surface area contributed by atoms with Gasteiger partial charge in [0.2, 0.25) is 6.10 Å². The van der Waals surface area contributed by atoms with Crippen molar-refractivity contribution in [3.05, 3.63) is 48.6 Å². The maximum Gasteiger partial charge on any atom is 0.352 e. The van der Waals surface area contributed by atoms with E-state index in [1.54, 1.807) is 30.3 Å². The average molecular weight is 262 g/mol. The van der Waals surface area contributed by atoms with Crippen molar-refractivity contribution in [3.8, 4) is 0 Å². The molecule has 0 radical (unpaired) electrons. The summed E-state index contributed by atoms with van der Waals surface area (Å²) >= 11 is 0. The summed E-state index contributed by atoms with van der Waals surface area (Å²) in [6.07, 6.45) is 2.24. The van der Waals surface area contributed by atoms with E-state index in [4.69, 9.17) is 9.47 Å². The molecule has 19 heavy (non-hydrogen) atoms. The van der Waals surface area contributed by atoms with Crippen LogP contribution in [0.1, 0.15) is 31.4 Å². The van der Waals surface area contributed by atoms with E-state index in [0.717, 1.165) is 6.42 Å². The Kier molecular flexibility index (Phi) is 6.36. The molecule has 0 amide bonds. The van der Waals surface area contributed by atoms with Crippen LogP contribution in [0.4, 0.5) is 0 Å². The number of esters is 2. The van der Waals surface area contributed by atoms with Crippen molar-refractivity contribution >= 4 is 11.9 Å². The Morgan fingerprint density at radius 2 is 2.00 bits per heavy atom. The van der Waals surface area contributed by atoms with Crippen LogP contribution in [0, 0.1) is 0 Å². The van der Waals surface area contributed by atoms with Crippen molar-refractivity contribution in [3.63, 3.8) is 0 Å². The lowest BCUT2D eigenvalue weighted by atomic mass is 10.1. The first-order valence-electron chi connectivity index (χ1n) is 6.15. The number of ether oxygens (including phenoxy) is 2. The Balaban J connectivity index is 2.66. The lowest BCUT2D eigenvalue weighted by molar-refractivity contribution is -0.167. The molecule has 1 aromatic rings. The highest BCUT2D eigenvalue weighted by Gasteiger charge is 2.24. The van der Waals surface area contributed by atoms with Gasteiger partial charge in [0, 0.05) is 12.5 Å². The van der Waals surface area contributed by atoms with E-state index in [0.29, 0.717) is 12.0 Å². The standard InChI is InChI=1S/C15H18O4/c1-3-4-8-11-18-15(17)14(19-12(2)16)13-9-6-5-7-10-13/h3,5-7,9-10,14H,1,4,8,11H2,2H3. The van der Waals surface area contributed by atoms with Gasteiger partial charge in [-0.05, 0) is 12.8 Å². The van der Waals surface area contributed by atoms with Gasteiger partial charge < -0.3 is 9.47 Å². The molecule has 0 aliphatic rings. The van der Waals surface area contributed by atoms with Crippen LogP contribution in [0.25, 0.3) is 0 Å². The van der Waals surface area contributed by atoms with Crippen molar-refractivity contribution < 1.29 is 19.1 Å². The average Bonchev–Trinajstić information content (AvgIpc) is 2.41. The molecule has 1 unspecified atom stereocenters. The minimum atomic E-state index is -0.998. The van der Waals surface area contributed by atoms with Crippen molar-refractivity contribution in [1.82, 2.24) is 0 Å². The van der Waals surface area contributed by atoms with Gasteiger partial charge >= 0.3 is 11.9 Å². The van der Waals surface area contributed by atoms with Gasteiger partial charge in [-0.25, -0.2) is 4.79 Å². The highest BCUT2D eigenvalue weighted by atomic mass is 16.6. The Bertz CT molecular complexity index is 425. The third kappa shape index (κ3) is 5.38. The van der Waals surface area contributed by atoms with E-state index in [2.05, 4.69) is 6.58 Å². The number of carbonyl (C=O) groups is 2. The van der Waals surface area contributed by atoms with Crippen LogP contribution in [0.3, 0.4) is 0 Å². The molecular weight excluding hydrogens is 244 g/mol. The molecule has 102 valence electrons. The van der Waals surface area contributed by atoms with Crippen LogP contribution in [-0.4, -0.2) is 18.5 Å². The van der Waals surface area contributed by atoms with Crippen molar-refractivity contribution in [2.24, 2.45) is 0 Å². The van der Waals surface area contributed by atoms with Crippen LogP contribution < -0.4 is 0 Å². The fourth-order valence-corrected chi connectivity index (χ4v) is 1.52. The number of hydrogen-bond acceptors (Lipinski definition) is 4. The largest absolute Gasteiger partial charge is 0.463 e. The SMILES string of the molecule is C=CCCCOC(=O)C(OC(C)=O)c1ccccc1. The highest BCUT2D eigenvalue weighted by molar-refractivity contribution is 5.80. The predicted octanol–water partition coefficient (Wildman–Crippen LogP) is 2.80. The fourth-order valence-electron chi connectivity index (χ4n) is 1.52. The van der Waals surface area contributed by atoms with Gasteiger partial charge in [0.25, 0.3) is 0 Å². The van der Waals surface area contributed by atoms with Gasteiger partial charge in [0.05, 0.1) is 6.61 Å². The molecule has 0 heterocycles. The summed E-state index contributed by atoms with van der Waals surface area (Å²) in [4.78, 5) is 23.0. The fraction of sp³-hybridized carbons (Fsp3) is 0.333. The van der Waals surface area contributed by atoms with E-state index in [1.165, 1.54) is 6.92 Å². The van der Waals surface area contributed by atoms with Crippen LogP contribution >= 0.6 is 0 Å². The minimum absolute atomic E-state index is 0.287. The first-order chi connectivity index (χ1) is 9.15. The number of carbonyl (C=O) groups excluding carboxylic acids is 2. The van der Waals surface area contributed by atoms with E-state index in [9.17, 15) is 9.59 Å². The Hall–Kier alpha value is -2.10. The lowest BCUT2D eigenvalue weighted by Gasteiger charge is -2.16. The van der Waals surface area contributed by atoms with Crippen LogP contribution in [0.5, 0.6) is 0 Å². The van der Waals surface area contributed by atoms with E-state index in [1.807, 2.05) is 6.07 Å². The monoisotopic (exact) mass is 262 g/mol. The highest BCUT2D eigenvalue weighted by Crippen LogP contribution is 2.19. The number of hydrogen-bond donors (Lipinski definition) is 0. The molecule has 1 atom stereocenters.